The van der Waals surface area contributed by atoms with Crippen LogP contribution in [0.15, 0.2) is 23.4 Å². The van der Waals surface area contributed by atoms with E-state index in [1.165, 1.54) is 11.8 Å². The highest BCUT2D eigenvalue weighted by Gasteiger charge is 2.10. The summed E-state index contributed by atoms with van der Waals surface area (Å²) in [5.74, 6) is 1.55. The van der Waals surface area contributed by atoms with Crippen LogP contribution in [0.5, 0.6) is 5.75 Å². The fourth-order valence-electron chi connectivity index (χ4n) is 1.75. The first kappa shape index (κ1) is 14.7. The molecule has 7 heteroatoms. The van der Waals surface area contributed by atoms with Gasteiger partial charge in [-0.15, -0.1) is 5.10 Å². The molecular formula is C13H18N4O2S. The van der Waals surface area contributed by atoms with Crippen molar-refractivity contribution in [2.24, 2.45) is 0 Å². The Kier molecular flexibility index (Phi) is 4.86. The van der Waals surface area contributed by atoms with Crippen molar-refractivity contribution in [2.45, 2.75) is 25.1 Å². The summed E-state index contributed by atoms with van der Waals surface area (Å²) in [6.07, 6.45) is -0.598. The Hall–Kier alpha value is -1.73. The molecule has 2 rings (SSSR count). The summed E-state index contributed by atoms with van der Waals surface area (Å²) in [4.78, 5) is 3.95. The molecule has 0 fully saturated rings. The molecule has 2 aromatic rings. The van der Waals surface area contributed by atoms with Crippen LogP contribution in [0.2, 0.25) is 0 Å². The average Bonchev–Trinajstić information content (AvgIpc) is 2.82. The number of nitrogen functional groups attached to an aromatic ring is 1. The molecule has 20 heavy (non-hydrogen) atoms. The van der Waals surface area contributed by atoms with Gasteiger partial charge in [-0.05, 0) is 25.0 Å². The number of aryl methyl sites for hydroxylation is 2. The molecule has 1 unspecified atom stereocenters. The lowest BCUT2D eigenvalue weighted by Crippen LogP contribution is -2.20. The molecule has 1 aromatic heterocycles. The van der Waals surface area contributed by atoms with E-state index in [1.54, 1.807) is 0 Å². The summed E-state index contributed by atoms with van der Waals surface area (Å²) >= 11 is 1.33. The summed E-state index contributed by atoms with van der Waals surface area (Å²) in [6, 6.07) is 5.96. The third-order valence-corrected chi connectivity index (χ3v) is 3.71. The summed E-state index contributed by atoms with van der Waals surface area (Å²) in [5.41, 5.74) is 7.55. The maximum atomic E-state index is 9.92. The molecule has 0 aliphatic heterocycles. The van der Waals surface area contributed by atoms with Gasteiger partial charge in [-0.1, -0.05) is 30.0 Å². The van der Waals surface area contributed by atoms with Gasteiger partial charge in [0.15, 0.2) is 0 Å². The zero-order valence-electron chi connectivity index (χ0n) is 11.5. The number of aliphatic hydroxyl groups excluding tert-OH is 1. The third-order valence-electron chi connectivity index (χ3n) is 2.72. The highest BCUT2D eigenvalue weighted by atomic mass is 32.2. The number of para-hydroxylation sites is 1. The summed E-state index contributed by atoms with van der Waals surface area (Å²) in [6.45, 7) is 4.21. The SMILES string of the molecule is Cc1cccc(C)c1OCC(O)CSc1n[nH]c(N)n1. The number of nitrogens with one attached hydrogen (secondary N) is 1. The zero-order chi connectivity index (χ0) is 14.5. The summed E-state index contributed by atoms with van der Waals surface area (Å²) in [7, 11) is 0. The molecule has 0 spiro atoms. The quantitative estimate of drug-likeness (QED) is 0.699. The number of rotatable bonds is 6. The number of nitrogens with zero attached hydrogens (tertiary/aromatic N) is 2. The van der Waals surface area contributed by atoms with Crippen LogP contribution in [-0.2, 0) is 0 Å². The maximum absolute atomic E-state index is 9.92. The van der Waals surface area contributed by atoms with Crippen LogP contribution in [0.3, 0.4) is 0 Å². The molecule has 0 aliphatic carbocycles. The van der Waals surface area contributed by atoms with Crippen LogP contribution in [0.4, 0.5) is 5.95 Å². The molecule has 0 amide bonds. The van der Waals surface area contributed by atoms with Crippen molar-refractivity contribution in [3.63, 3.8) is 0 Å². The van der Waals surface area contributed by atoms with Crippen molar-refractivity contribution >= 4 is 17.7 Å². The van der Waals surface area contributed by atoms with E-state index in [-0.39, 0.29) is 12.6 Å². The number of nitrogens with two attached hydrogens (primary N) is 1. The van der Waals surface area contributed by atoms with Crippen molar-refractivity contribution < 1.29 is 9.84 Å². The minimum Gasteiger partial charge on any atom is -0.490 e. The van der Waals surface area contributed by atoms with Crippen LogP contribution in [0, 0.1) is 13.8 Å². The number of anilines is 1. The van der Waals surface area contributed by atoms with Crippen molar-refractivity contribution in [1.82, 2.24) is 15.2 Å². The predicted molar refractivity (Wildman–Crippen MR) is 78.9 cm³/mol. The highest BCUT2D eigenvalue weighted by Crippen LogP contribution is 2.23. The average molecular weight is 294 g/mol. The Morgan fingerprint density at radius 2 is 2.10 bits per heavy atom. The number of hydrogen-bond donors (Lipinski definition) is 3. The molecule has 4 N–H and O–H groups in total. The van der Waals surface area contributed by atoms with Gasteiger partial charge in [-0.25, -0.2) is 5.10 Å². The number of aromatic amines is 1. The Bertz CT molecular complexity index is 553. The van der Waals surface area contributed by atoms with Crippen LogP contribution in [-0.4, -0.2) is 38.8 Å². The van der Waals surface area contributed by atoms with E-state index in [1.807, 2.05) is 32.0 Å². The van der Waals surface area contributed by atoms with Gasteiger partial charge in [-0.2, -0.15) is 4.98 Å². The molecule has 0 bridgehead atoms. The maximum Gasteiger partial charge on any atom is 0.216 e. The van der Waals surface area contributed by atoms with Gasteiger partial charge >= 0.3 is 0 Å². The normalized spacial score (nSPS) is 12.3. The largest absolute Gasteiger partial charge is 0.490 e. The second-order valence-electron chi connectivity index (χ2n) is 4.50. The van der Waals surface area contributed by atoms with E-state index in [0.29, 0.717) is 10.9 Å². The highest BCUT2D eigenvalue weighted by molar-refractivity contribution is 7.99. The third kappa shape index (κ3) is 3.88. The van der Waals surface area contributed by atoms with Crippen LogP contribution in [0.1, 0.15) is 11.1 Å². The number of ether oxygens (including phenoxy) is 1. The fourth-order valence-corrected chi connectivity index (χ4v) is 2.46. The minimum atomic E-state index is -0.598. The second kappa shape index (κ2) is 6.62. The standard InChI is InChI=1S/C13H18N4O2S/c1-8-4-3-5-9(2)11(8)19-6-10(18)7-20-13-15-12(14)16-17-13/h3-5,10,18H,6-7H2,1-2H3,(H3,14,15,16,17). The van der Waals surface area contributed by atoms with Gasteiger partial charge in [0, 0.05) is 5.75 Å². The van der Waals surface area contributed by atoms with Gasteiger partial charge in [0.05, 0.1) is 6.10 Å². The molecule has 1 heterocycles. The molecule has 0 saturated carbocycles. The fraction of sp³-hybridized carbons (Fsp3) is 0.385. The molecule has 1 aromatic carbocycles. The molecular weight excluding hydrogens is 276 g/mol. The van der Waals surface area contributed by atoms with Gasteiger partial charge in [-0.3, -0.25) is 0 Å². The Balaban J connectivity index is 1.81. The number of benzene rings is 1. The lowest BCUT2D eigenvalue weighted by atomic mass is 10.1. The first-order chi connectivity index (χ1) is 9.56. The lowest BCUT2D eigenvalue weighted by Gasteiger charge is -2.14. The smallest absolute Gasteiger partial charge is 0.216 e. The van der Waals surface area contributed by atoms with E-state index in [4.69, 9.17) is 10.5 Å². The second-order valence-corrected chi connectivity index (χ2v) is 5.49. The van der Waals surface area contributed by atoms with Crippen LogP contribution >= 0.6 is 11.8 Å². The van der Waals surface area contributed by atoms with Gasteiger partial charge < -0.3 is 15.6 Å². The topological polar surface area (TPSA) is 97.0 Å². The number of aromatic nitrogens is 3. The van der Waals surface area contributed by atoms with E-state index in [2.05, 4.69) is 15.2 Å². The number of thioether (sulfide) groups is 1. The number of aliphatic hydroxyl groups is 1. The van der Waals surface area contributed by atoms with Crippen LogP contribution < -0.4 is 10.5 Å². The molecule has 1 atom stereocenters. The number of H-pyrrole nitrogens is 1. The number of hydrogen-bond acceptors (Lipinski definition) is 6. The molecule has 6 nitrogen and oxygen atoms in total. The van der Waals surface area contributed by atoms with E-state index >= 15 is 0 Å². The first-order valence-electron chi connectivity index (χ1n) is 6.24. The van der Waals surface area contributed by atoms with Gasteiger partial charge in [0.2, 0.25) is 11.1 Å². The van der Waals surface area contributed by atoms with Crippen molar-refractivity contribution in [3.05, 3.63) is 29.3 Å². The first-order valence-corrected chi connectivity index (χ1v) is 7.22. The Morgan fingerprint density at radius 1 is 1.40 bits per heavy atom. The minimum absolute atomic E-state index is 0.235. The van der Waals surface area contributed by atoms with Gasteiger partial charge in [0.1, 0.15) is 12.4 Å². The van der Waals surface area contributed by atoms with Crippen molar-refractivity contribution in [3.8, 4) is 5.75 Å². The molecule has 0 radical (unpaired) electrons. The van der Waals surface area contributed by atoms with E-state index < -0.39 is 6.10 Å². The van der Waals surface area contributed by atoms with E-state index in [0.717, 1.165) is 16.9 Å². The van der Waals surface area contributed by atoms with Crippen LogP contribution in [0.25, 0.3) is 0 Å². The zero-order valence-corrected chi connectivity index (χ0v) is 12.3. The Labute approximate surface area is 121 Å². The molecule has 0 aliphatic rings. The predicted octanol–water partition coefficient (Wildman–Crippen LogP) is 1.54. The monoisotopic (exact) mass is 294 g/mol. The molecule has 0 saturated heterocycles. The lowest BCUT2D eigenvalue weighted by molar-refractivity contribution is 0.125. The summed E-state index contributed by atoms with van der Waals surface area (Å²) < 4.78 is 5.69. The van der Waals surface area contributed by atoms with Crippen molar-refractivity contribution in [1.29, 1.82) is 0 Å². The van der Waals surface area contributed by atoms with E-state index in [9.17, 15) is 5.11 Å². The molecule has 108 valence electrons. The van der Waals surface area contributed by atoms with Crippen molar-refractivity contribution in [2.75, 3.05) is 18.1 Å². The van der Waals surface area contributed by atoms with Gasteiger partial charge in [0.25, 0.3) is 0 Å². The summed E-state index contributed by atoms with van der Waals surface area (Å²) in [5, 5.41) is 16.9. The Morgan fingerprint density at radius 3 is 2.70 bits per heavy atom.